The molecule has 2 aromatic heterocycles. The summed E-state index contributed by atoms with van der Waals surface area (Å²) in [7, 11) is 0. The predicted molar refractivity (Wildman–Crippen MR) is 58.2 cm³/mol. The van der Waals surface area contributed by atoms with E-state index in [0.717, 1.165) is 5.69 Å². The maximum absolute atomic E-state index is 12.3. The fourth-order valence-corrected chi connectivity index (χ4v) is 1.78. The van der Waals surface area contributed by atoms with Crippen molar-refractivity contribution < 1.29 is 17.6 Å². The predicted octanol–water partition coefficient (Wildman–Crippen LogP) is 2.77. The van der Waals surface area contributed by atoms with Gasteiger partial charge in [0.05, 0.1) is 12.2 Å². The Hall–Kier alpha value is -1.64. The molecule has 0 fully saturated rings. The number of rotatable bonds is 3. The summed E-state index contributed by atoms with van der Waals surface area (Å²) < 4.78 is 42.1. The second-order valence-corrected chi connectivity index (χ2v) is 4.49. The molecule has 0 atom stereocenters. The largest absolute Gasteiger partial charge is 0.445 e. The van der Waals surface area contributed by atoms with E-state index in [1.807, 2.05) is 0 Å². The summed E-state index contributed by atoms with van der Waals surface area (Å²) in [6.07, 6.45) is -4.46. The minimum Gasteiger partial charge on any atom is -0.444 e. The van der Waals surface area contributed by atoms with Gasteiger partial charge in [0.15, 0.2) is 0 Å². The zero-order chi connectivity index (χ0) is 13.3. The van der Waals surface area contributed by atoms with Crippen LogP contribution in [0.3, 0.4) is 0 Å². The third kappa shape index (κ3) is 2.78. The molecule has 98 valence electrons. The van der Waals surface area contributed by atoms with Gasteiger partial charge in [-0.2, -0.15) is 13.2 Å². The Kier molecular flexibility index (Phi) is 3.24. The van der Waals surface area contributed by atoms with Gasteiger partial charge in [-0.05, 0) is 13.8 Å². The van der Waals surface area contributed by atoms with E-state index in [9.17, 15) is 13.2 Å². The number of hydrogen-bond acceptors (Lipinski definition) is 6. The van der Waals surface area contributed by atoms with Crippen LogP contribution in [0, 0.1) is 13.8 Å². The minimum atomic E-state index is -4.46. The smallest absolute Gasteiger partial charge is 0.444 e. The van der Waals surface area contributed by atoms with Crippen LogP contribution in [-0.2, 0) is 12.7 Å². The van der Waals surface area contributed by atoms with E-state index in [1.54, 1.807) is 13.8 Å². The standard InChI is InChI=1S/C9H9F3N4OS/c1-4-5(2)17-6(14-4)3-13-8-16-15-7(18-8)9(10,11)12/h3H2,1-2H3,(H,13,16). The van der Waals surface area contributed by atoms with Crippen LogP contribution >= 0.6 is 11.3 Å². The number of aromatic nitrogens is 3. The van der Waals surface area contributed by atoms with Crippen LogP contribution in [0.25, 0.3) is 0 Å². The summed E-state index contributed by atoms with van der Waals surface area (Å²) >= 11 is 0.442. The number of anilines is 1. The van der Waals surface area contributed by atoms with Gasteiger partial charge in [0.25, 0.3) is 0 Å². The molecular weight excluding hydrogens is 269 g/mol. The lowest BCUT2D eigenvalue weighted by molar-refractivity contribution is -0.138. The van der Waals surface area contributed by atoms with Crippen LogP contribution in [0.15, 0.2) is 4.42 Å². The van der Waals surface area contributed by atoms with E-state index in [1.165, 1.54) is 0 Å². The summed E-state index contributed by atoms with van der Waals surface area (Å²) in [6, 6.07) is 0. The fourth-order valence-electron chi connectivity index (χ4n) is 1.18. The molecule has 0 saturated carbocycles. The van der Waals surface area contributed by atoms with Crippen molar-refractivity contribution in [1.29, 1.82) is 0 Å². The van der Waals surface area contributed by atoms with Crippen molar-refractivity contribution in [2.75, 3.05) is 5.32 Å². The molecule has 0 radical (unpaired) electrons. The molecular formula is C9H9F3N4OS. The summed E-state index contributed by atoms with van der Waals surface area (Å²) in [5.74, 6) is 1.08. The number of halogens is 3. The van der Waals surface area contributed by atoms with Crippen LogP contribution in [0.5, 0.6) is 0 Å². The quantitative estimate of drug-likeness (QED) is 0.935. The summed E-state index contributed by atoms with van der Waals surface area (Å²) in [5.41, 5.74) is 0.750. The SMILES string of the molecule is Cc1nc(CNc2nnc(C(F)(F)F)s2)oc1C. The zero-order valence-electron chi connectivity index (χ0n) is 9.50. The van der Waals surface area contributed by atoms with Gasteiger partial charge in [0, 0.05) is 0 Å². The normalized spacial score (nSPS) is 11.8. The molecule has 1 N–H and O–H groups in total. The van der Waals surface area contributed by atoms with Gasteiger partial charge in [-0.1, -0.05) is 11.3 Å². The van der Waals surface area contributed by atoms with Crippen LogP contribution in [0.4, 0.5) is 18.3 Å². The topological polar surface area (TPSA) is 63.8 Å². The van der Waals surface area contributed by atoms with Crippen molar-refractivity contribution in [3.63, 3.8) is 0 Å². The third-order valence-corrected chi connectivity index (χ3v) is 3.06. The second-order valence-electron chi connectivity index (χ2n) is 3.51. The molecule has 0 amide bonds. The first kappa shape index (κ1) is 12.8. The minimum absolute atomic E-state index is 0.0795. The lowest BCUT2D eigenvalue weighted by Crippen LogP contribution is -2.03. The van der Waals surface area contributed by atoms with Gasteiger partial charge >= 0.3 is 6.18 Å². The van der Waals surface area contributed by atoms with Gasteiger partial charge in [-0.15, -0.1) is 10.2 Å². The maximum atomic E-state index is 12.3. The number of oxazole rings is 1. The third-order valence-electron chi connectivity index (χ3n) is 2.13. The van der Waals surface area contributed by atoms with Gasteiger partial charge in [0.2, 0.25) is 16.0 Å². The molecule has 0 saturated heterocycles. The highest BCUT2D eigenvalue weighted by Crippen LogP contribution is 2.33. The molecule has 2 heterocycles. The van der Waals surface area contributed by atoms with Crippen LogP contribution in [0.2, 0.25) is 0 Å². The Balaban J connectivity index is 2.00. The van der Waals surface area contributed by atoms with Crippen molar-refractivity contribution in [2.24, 2.45) is 0 Å². The summed E-state index contributed by atoms with van der Waals surface area (Å²) in [6.45, 7) is 3.72. The summed E-state index contributed by atoms with van der Waals surface area (Å²) in [4.78, 5) is 4.09. The monoisotopic (exact) mass is 278 g/mol. The fraction of sp³-hybridized carbons (Fsp3) is 0.444. The first-order valence-corrected chi connectivity index (χ1v) is 5.75. The first-order valence-electron chi connectivity index (χ1n) is 4.93. The van der Waals surface area contributed by atoms with Gasteiger partial charge in [-0.25, -0.2) is 4.98 Å². The van der Waals surface area contributed by atoms with Crippen molar-refractivity contribution >= 4 is 16.5 Å². The van der Waals surface area contributed by atoms with Crippen LogP contribution in [0.1, 0.15) is 22.4 Å². The van der Waals surface area contributed by atoms with E-state index < -0.39 is 11.2 Å². The molecule has 0 unspecified atom stereocenters. The molecule has 0 aliphatic carbocycles. The average Bonchev–Trinajstić information content (AvgIpc) is 2.83. The van der Waals surface area contributed by atoms with E-state index in [-0.39, 0.29) is 11.7 Å². The lowest BCUT2D eigenvalue weighted by Gasteiger charge is -1.98. The maximum Gasteiger partial charge on any atom is 0.445 e. The lowest BCUT2D eigenvalue weighted by atomic mass is 10.4. The number of hydrogen-bond donors (Lipinski definition) is 1. The Bertz CT molecular complexity index is 529. The Morgan fingerprint density at radius 2 is 2.00 bits per heavy atom. The van der Waals surface area contributed by atoms with Crippen molar-refractivity contribution in [1.82, 2.24) is 15.2 Å². The molecule has 18 heavy (non-hydrogen) atoms. The number of alkyl halides is 3. The number of aryl methyl sites for hydroxylation is 2. The molecule has 2 aromatic rings. The summed E-state index contributed by atoms with van der Waals surface area (Å²) in [5, 5.41) is 8.23. The molecule has 5 nitrogen and oxygen atoms in total. The molecule has 0 aromatic carbocycles. The molecule has 0 aliphatic heterocycles. The van der Waals surface area contributed by atoms with Gasteiger partial charge in [-0.3, -0.25) is 0 Å². The van der Waals surface area contributed by atoms with Gasteiger partial charge in [0.1, 0.15) is 5.76 Å². The Labute approximate surface area is 104 Å². The molecule has 0 bridgehead atoms. The highest BCUT2D eigenvalue weighted by molar-refractivity contribution is 7.15. The van der Waals surface area contributed by atoms with Crippen LogP contribution < -0.4 is 5.32 Å². The molecule has 9 heteroatoms. The number of nitrogens with zero attached hydrogens (tertiary/aromatic N) is 3. The second kappa shape index (κ2) is 4.56. The van der Waals surface area contributed by atoms with E-state index in [2.05, 4.69) is 20.5 Å². The average molecular weight is 278 g/mol. The zero-order valence-corrected chi connectivity index (χ0v) is 10.3. The van der Waals surface area contributed by atoms with E-state index in [0.29, 0.717) is 23.0 Å². The van der Waals surface area contributed by atoms with Crippen molar-refractivity contribution in [3.8, 4) is 0 Å². The van der Waals surface area contributed by atoms with Crippen molar-refractivity contribution in [3.05, 3.63) is 22.4 Å². The van der Waals surface area contributed by atoms with Crippen LogP contribution in [-0.4, -0.2) is 15.2 Å². The molecule has 2 rings (SSSR count). The first-order chi connectivity index (χ1) is 8.36. The highest BCUT2D eigenvalue weighted by atomic mass is 32.1. The van der Waals surface area contributed by atoms with Gasteiger partial charge < -0.3 is 9.73 Å². The Morgan fingerprint density at radius 3 is 2.50 bits per heavy atom. The molecule has 0 spiro atoms. The number of nitrogens with one attached hydrogen (secondary N) is 1. The highest BCUT2D eigenvalue weighted by Gasteiger charge is 2.35. The van der Waals surface area contributed by atoms with Crippen molar-refractivity contribution in [2.45, 2.75) is 26.6 Å². The Morgan fingerprint density at radius 1 is 1.28 bits per heavy atom. The van der Waals surface area contributed by atoms with E-state index >= 15 is 0 Å². The van der Waals surface area contributed by atoms with E-state index in [4.69, 9.17) is 4.42 Å². The molecule has 0 aliphatic rings.